The van der Waals surface area contributed by atoms with E-state index in [2.05, 4.69) is 14.9 Å². The van der Waals surface area contributed by atoms with Gasteiger partial charge in [-0.05, 0) is 19.3 Å². The van der Waals surface area contributed by atoms with E-state index in [1.165, 1.54) is 17.0 Å². The van der Waals surface area contributed by atoms with Crippen molar-refractivity contribution in [2.45, 2.75) is 25.4 Å². The van der Waals surface area contributed by atoms with Crippen molar-refractivity contribution >= 4 is 22.3 Å². The SMILES string of the molecule is FC(F)(F)c1cc(N2CCN(c3nc4c(s3)CCC4)CC2)ncn1. The van der Waals surface area contributed by atoms with E-state index in [4.69, 9.17) is 4.98 Å². The average molecular weight is 355 g/mol. The number of thiazole rings is 1. The molecule has 1 aliphatic carbocycles. The van der Waals surface area contributed by atoms with E-state index < -0.39 is 11.9 Å². The van der Waals surface area contributed by atoms with Crippen molar-refractivity contribution in [3.8, 4) is 0 Å². The minimum atomic E-state index is -4.44. The summed E-state index contributed by atoms with van der Waals surface area (Å²) in [6, 6.07) is 1.02. The zero-order chi connectivity index (χ0) is 16.7. The van der Waals surface area contributed by atoms with Crippen molar-refractivity contribution in [3.63, 3.8) is 0 Å². The Balaban J connectivity index is 1.44. The molecule has 0 amide bonds. The van der Waals surface area contributed by atoms with Gasteiger partial charge in [-0.15, -0.1) is 11.3 Å². The van der Waals surface area contributed by atoms with Gasteiger partial charge in [-0.3, -0.25) is 0 Å². The summed E-state index contributed by atoms with van der Waals surface area (Å²) in [5, 5.41) is 1.04. The second-order valence-corrected chi connectivity index (χ2v) is 7.02. The summed E-state index contributed by atoms with van der Waals surface area (Å²) in [5.41, 5.74) is 0.328. The number of aryl methyl sites for hydroxylation is 2. The summed E-state index contributed by atoms with van der Waals surface area (Å²) in [4.78, 5) is 17.5. The molecule has 9 heteroatoms. The van der Waals surface area contributed by atoms with Crippen LogP contribution >= 0.6 is 11.3 Å². The van der Waals surface area contributed by atoms with Crippen LogP contribution in [0.2, 0.25) is 0 Å². The highest BCUT2D eigenvalue weighted by molar-refractivity contribution is 7.15. The lowest BCUT2D eigenvalue weighted by atomic mass is 10.3. The van der Waals surface area contributed by atoms with Crippen molar-refractivity contribution in [1.82, 2.24) is 15.0 Å². The zero-order valence-electron chi connectivity index (χ0n) is 12.9. The number of hydrogen-bond donors (Lipinski definition) is 0. The van der Waals surface area contributed by atoms with E-state index in [1.807, 2.05) is 4.90 Å². The Bertz CT molecular complexity index is 715. The lowest BCUT2D eigenvalue weighted by molar-refractivity contribution is -0.141. The Morgan fingerprint density at radius 2 is 1.75 bits per heavy atom. The van der Waals surface area contributed by atoms with Gasteiger partial charge in [0.25, 0.3) is 0 Å². The Kier molecular flexibility index (Phi) is 3.82. The number of nitrogens with zero attached hydrogens (tertiary/aromatic N) is 5. The van der Waals surface area contributed by atoms with Gasteiger partial charge in [0.1, 0.15) is 17.8 Å². The van der Waals surface area contributed by atoms with Crippen molar-refractivity contribution in [1.29, 1.82) is 0 Å². The fraction of sp³-hybridized carbons (Fsp3) is 0.533. The summed E-state index contributed by atoms with van der Waals surface area (Å²) in [6.07, 6.45) is -0.0879. The highest BCUT2D eigenvalue weighted by Crippen LogP contribution is 2.33. The molecule has 2 aromatic rings. The second kappa shape index (κ2) is 5.87. The Morgan fingerprint density at radius 3 is 2.46 bits per heavy atom. The summed E-state index contributed by atoms with van der Waals surface area (Å²) in [5.74, 6) is 0.332. The molecule has 1 saturated heterocycles. The van der Waals surface area contributed by atoms with Gasteiger partial charge >= 0.3 is 6.18 Å². The van der Waals surface area contributed by atoms with Crippen LogP contribution in [-0.2, 0) is 19.0 Å². The molecule has 0 N–H and O–H groups in total. The van der Waals surface area contributed by atoms with Crippen molar-refractivity contribution in [3.05, 3.63) is 28.7 Å². The highest BCUT2D eigenvalue weighted by Gasteiger charge is 2.33. The predicted molar refractivity (Wildman–Crippen MR) is 85.6 cm³/mol. The van der Waals surface area contributed by atoms with Gasteiger partial charge in [-0.1, -0.05) is 0 Å². The normalized spacial score (nSPS) is 18.1. The molecule has 1 fully saturated rings. The fourth-order valence-electron chi connectivity index (χ4n) is 3.11. The highest BCUT2D eigenvalue weighted by atomic mass is 32.1. The van der Waals surface area contributed by atoms with Crippen molar-refractivity contribution < 1.29 is 13.2 Å². The molecule has 4 rings (SSSR count). The minimum absolute atomic E-state index is 0.332. The maximum absolute atomic E-state index is 12.8. The number of alkyl halides is 3. The zero-order valence-corrected chi connectivity index (χ0v) is 13.7. The first-order valence-electron chi connectivity index (χ1n) is 7.88. The molecule has 0 saturated carbocycles. The van der Waals surface area contributed by atoms with Gasteiger partial charge in [-0.25, -0.2) is 15.0 Å². The molecule has 2 aliphatic rings. The molecule has 0 unspecified atom stereocenters. The van der Waals surface area contributed by atoms with Crippen molar-refractivity contribution in [2.75, 3.05) is 36.0 Å². The lowest BCUT2D eigenvalue weighted by Crippen LogP contribution is -2.47. The Morgan fingerprint density at radius 1 is 1.00 bits per heavy atom. The molecule has 0 bridgehead atoms. The third kappa shape index (κ3) is 2.92. The number of aromatic nitrogens is 3. The summed E-state index contributed by atoms with van der Waals surface area (Å²) in [6.45, 7) is 2.71. The summed E-state index contributed by atoms with van der Waals surface area (Å²) >= 11 is 1.75. The van der Waals surface area contributed by atoms with Crippen LogP contribution in [0.1, 0.15) is 22.7 Å². The molecular formula is C15H16F3N5S. The van der Waals surface area contributed by atoms with Gasteiger partial charge < -0.3 is 9.80 Å². The van der Waals surface area contributed by atoms with Crippen molar-refractivity contribution in [2.24, 2.45) is 0 Å². The quantitative estimate of drug-likeness (QED) is 0.829. The van der Waals surface area contributed by atoms with Gasteiger partial charge in [0.05, 0.1) is 5.69 Å². The number of fused-ring (bicyclic) bond motifs is 1. The van der Waals surface area contributed by atoms with E-state index in [-0.39, 0.29) is 0 Å². The molecule has 0 spiro atoms. The van der Waals surface area contributed by atoms with E-state index >= 15 is 0 Å². The molecule has 0 atom stereocenters. The molecule has 24 heavy (non-hydrogen) atoms. The second-order valence-electron chi connectivity index (χ2n) is 5.95. The Labute approximate surface area is 141 Å². The standard InChI is InChI=1S/C15H16F3N5S/c16-15(17,18)12-8-13(20-9-19-12)22-4-6-23(7-5-22)14-21-10-2-1-3-11(10)24-14/h8-9H,1-7H2. The molecule has 128 valence electrons. The minimum Gasteiger partial charge on any atom is -0.353 e. The number of halogens is 3. The predicted octanol–water partition coefficient (Wildman–Crippen LogP) is 2.77. The van der Waals surface area contributed by atoms with Crippen LogP contribution in [0.15, 0.2) is 12.4 Å². The molecule has 3 heterocycles. The monoisotopic (exact) mass is 355 g/mol. The first kappa shape index (κ1) is 15.6. The molecule has 1 aliphatic heterocycles. The Hall–Kier alpha value is -1.90. The maximum atomic E-state index is 12.8. The average Bonchev–Trinajstić information content (AvgIpc) is 3.16. The molecule has 5 nitrogen and oxygen atoms in total. The topological polar surface area (TPSA) is 45.2 Å². The third-order valence-electron chi connectivity index (χ3n) is 4.40. The van der Waals surface area contributed by atoms with Gasteiger partial charge in [0.15, 0.2) is 5.13 Å². The van der Waals surface area contributed by atoms with Crippen LogP contribution in [0.25, 0.3) is 0 Å². The smallest absolute Gasteiger partial charge is 0.353 e. The molecule has 0 radical (unpaired) electrons. The lowest BCUT2D eigenvalue weighted by Gasteiger charge is -2.35. The van der Waals surface area contributed by atoms with Crippen LogP contribution in [0.5, 0.6) is 0 Å². The van der Waals surface area contributed by atoms with Crippen LogP contribution < -0.4 is 9.80 Å². The molecule has 0 aromatic carbocycles. The third-order valence-corrected chi connectivity index (χ3v) is 5.62. The van der Waals surface area contributed by atoms with Crippen LogP contribution in [0.4, 0.5) is 24.1 Å². The van der Waals surface area contributed by atoms with Gasteiger partial charge in [0.2, 0.25) is 0 Å². The first-order valence-corrected chi connectivity index (χ1v) is 8.70. The van der Waals surface area contributed by atoms with E-state index in [9.17, 15) is 13.2 Å². The number of hydrogen-bond acceptors (Lipinski definition) is 6. The van der Waals surface area contributed by atoms with Crippen LogP contribution in [0, 0.1) is 0 Å². The van der Waals surface area contributed by atoms with Crippen LogP contribution in [0.3, 0.4) is 0 Å². The largest absolute Gasteiger partial charge is 0.433 e. The maximum Gasteiger partial charge on any atom is 0.433 e. The van der Waals surface area contributed by atoms with E-state index in [0.717, 1.165) is 43.5 Å². The van der Waals surface area contributed by atoms with Crippen LogP contribution in [-0.4, -0.2) is 41.1 Å². The summed E-state index contributed by atoms with van der Waals surface area (Å²) < 4.78 is 38.3. The van der Waals surface area contributed by atoms with E-state index in [1.54, 1.807) is 11.3 Å². The fourth-order valence-corrected chi connectivity index (χ4v) is 4.31. The number of rotatable bonds is 2. The molecule has 2 aromatic heterocycles. The molecular weight excluding hydrogens is 339 g/mol. The van der Waals surface area contributed by atoms with Gasteiger partial charge in [0, 0.05) is 37.1 Å². The number of piperazine rings is 1. The summed E-state index contributed by atoms with van der Waals surface area (Å²) in [7, 11) is 0. The first-order chi connectivity index (χ1) is 11.5. The number of anilines is 2. The van der Waals surface area contributed by atoms with Gasteiger partial charge in [-0.2, -0.15) is 13.2 Å². The van der Waals surface area contributed by atoms with E-state index in [0.29, 0.717) is 18.9 Å².